The number of fused-ring (bicyclic) bond motifs is 3. The second-order valence-electron chi connectivity index (χ2n) is 15.9. The number of rotatable bonds is 12. The Morgan fingerprint density at radius 1 is 0.797 bits per heavy atom. The molecule has 59 heavy (non-hydrogen) atoms. The van der Waals surface area contributed by atoms with Crippen LogP contribution in [-0.4, -0.2) is 142 Å². The quantitative estimate of drug-likeness (QED) is 0.212. The van der Waals surface area contributed by atoms with E-state index in [2.05, 4.69) is 0 Å². The molecular formula is C39H54O20. The van der Waals surface area contributed by atoms with Crippen molar-refractivity contribution in [3.8, 4) is 0 Å². The van der Waals surface area contributed by atoms with Gasteiger partial charge in [-0.25, -0.2) is 4.79 Å². The first kappa shape index (κ1) is 45.9. The Balaban J connectivity index is 1.61. The highest BCUT2D eigenvalue weighted by Gasteiger charge is 2.71. The van der Waals surface area contributed by atoms with Gasteiger partial charge in [0.15, 0.2) is 42.6 Å². The molecule has 2 aliphatic carbocycles. The zero-order valence-electron chi connectivity index (χ0n) is 34.7. The molecule has 1 saturated carbocycles. The summed E-state index contributed by atoms with van der Waals surface area (Å²) in [4.78, 5) is 89.9. The summed E-state index contributed by atoms with van der Waals surface area (Å²) in [6.45, 7) is 8.63. The molecule has 20 nitrogen and oxygen atoms in total. The van der Waals surface area contributed by atoms with Crippen LogP contribution in [-0.2, 0) is 90.4 Å². The number of allylic oxidation sites excluding steroid dienone is 1. The number of esters is 7. The predicted octanol–water partition coefficient (Wildman–Crippen LogP) is 0.950. The summed E-state index contributed by atoms with van der Waals surface area (Å²) in [5, 5.41) is 12.4. The van der Waals surface area contributed by atoms with E-state index in [1.807, 2.05) is 6.92 Å². The van der Waals surface area contributed by atoms with Gasteiger partial charge in [-0.15, -0.1) is 0 Å². The first-order valence-corrected chi connectivity index (χ1v) is 19.2. The second-order valence-corrected chi connectivity index (χ2v) is 15.9. The van der Waals surface area contributed by atoms with E-state index < -0.39 is 138 Å². The highest BCUT2D eigenvalue weighted by atomic mass is 16.8. The minimum Gasteiger partial charge on any atom is -0.466 e. The van der Waals surface area contributed by atoms with E-state index in [0.29, 0.717) is 12.8 Å². The molecule has 0 aromatic carbocycles. The number of cyclic esters (lactones) is 1. The number of carbonyl (C=O) groups excluding carboxylic acids is 7. The van der Waals surface area contributed by atoms with E-state index in [1.54, 1.807) is 13.0 Å². The fraction of sp³-hybridized carbons (Fsp3) is 0.769. The molecule has 0 bridgehead atoms. The van der Waals surface area contributed by atoms with Crippen LogP contribution in [0, 0.1) is 22.7 Å². The number of hydrogen-bond donors (Lipinski definition) is 1. The number of hydrogen-bond acceptors (Lipinski definition) is 20. The molecule has 3 aliphatic heterocycles. The van der Waals surface area contributed by atoms with Crippen molar-refractivity contribution in [2.75, 3.05) is 27.9 Å². The number of methoxy groups -OCH3 is 3. The Kier molecular flexibility index (Phi) is 13.8. The molecule has 1 N–H and O–H groups in total. The molecule has 0 aromatic rings. The fourth-order valence-corrected chi connectivity index (χ4v) is 9.87. The van der Waals surface area contributed by atoms with Crippen LogP contribution in [0.3, 0.4) is 0 Å². The molecule has 5 aliphatic rings. The maximum absolute atomic E-state index is 14.5. The van der Waals surface area contributed by atoms with Crippen LogP contribution in [0.5, 0.6) is 0 Å². The first-order chi connectivity index (χ1) is 27.7. The van der Waals surface area contributed by atoms with Gasteiger partial charge < -0.3 is 61.9 Å². The maximum Gasteiger partial charge on any atom is 0.334 e. The molecule has 0 aromatic heterocycles. The molecule has 0 spiro atoms. The lowest BCUT2D eigenvalue weighted by Crippen LogP contribution is -2.69. The second kappa shape index (κ2) is 17.8. The van der Waals surface area contributed by atoms with Crippen LogP contribution in [0.2, 0.25) is 0 Å². The lowest BCUT2D eigenvalue weighted by Gasteiger charge is -2.63. The van der Waals surface area contributed by atoms with Gasteiger partial charge in [-0.3, -0.25) is 28.8 Å². The van der Waals surface area contributed by atoms with E-state index in [-0.39, 0.29) is 18.4 Å². The van der Waals surface area contributed by atoms with Crippen molar-refractivity contribution in [3.63, 3.8) is 0 Å². The summed E-state index contributed by atoms with van der Waals surface area (Å²) < 4.78 is 68.5. The molecule has 330 valence electrons. The van der Waals surface area contributed by atoms with E-state index in [1.165, 1.54) is 21.3 Å². The normalized spacial score (nSPS) is 40.2. The molecule has 20 heteroatoms. The topological polar surface area (TPSA) is 250 Å². The molecule has 5 rings (SSSR count). The van der Waals surface area contributed by atoms with Crippen molar-refractivity contribution < 1.29 is 95.5 Å². The molecule has 0 amide bonds. The third kappa shape index (κ3) is 8.56. The van der Waals surface area contributed by atoms with Crippen molar-refractivity contribution in [2.24, 2.45) is 22.7 Å². The van der Waals surface area contributed by atoms with Crippen molar-refractivity contribution in [3.05, 3.63) is 11.6 Å². The number of ether oxygens (including phenoxy) is 12. The summed E-state index contributed by atoms with van der Waals surface area (Å²) in [7, 11) is 3.76. The molecule has 15 unspecified atom stereocenters. The average Bonchev–Trinajstić information content (AvgIpc) is 3.42. The maximum atomic E-state index is 14.5. The van der Waals surface area contributed by atoms with Crippen LogP contribution in [0.4, 0.5) is 0 Å². The minimum absolute atomic E-state index is 0.0438. The molecule has 3 saturated heterocycles. The minimum atomic E-state index is -2.27. The zero-order chi connectivity index (χ0) is 43.8. The fourth-order valence-electron chi connectivity index (χ4n) is 9.87. The van der Waals surface area contributed by atoms with E-state index >= 15 is 0 Å². The van der Waals surface area contributed by atoms with Gasteiger partial charge in [0, 0.05) is 59.8 Å². The third-order valence-electron chi connectivity index (χ3n) is 12.2. The highest BCUT2D eigenvalue weighted by molar-refractivity contribution is 5.90. The monoisotopic (exact) mass is 842 g/mol. The van der Waals surface area contributed by atoms with Gasteiger partial charge in [0.1, 0.15) is 18.8 Å². The van der Waals surface area contributed by atoms with Gasteiger partial charge in [0.05, 0.1) is 19.1 Å². The van der Waals surface area contributed by atoms with Gasteiger partial charge in [-0.2, -0.15) is 0 Å². The van der Waals surface area contributed by atoms with Gasteiger partial charge in [0.25, 0.3) is 0 Å². The molecule has 15 atom stereocenters. The Morgan fingerprint density at radius 2 is 1.41 bits per heavy atom. The summed E-state index contributed by atoms with van der Waals surface area (Å²) in [6.07, 6.45) is -12.1. The van der Waals surface area contributed by atoms with Crippen LogP contribution < -0.4 is 0 Å². The standard InChI is InChI=1S/C39H54O20/c1-17(40)51-16-24-28(52-18(2)41)29(53-19(3)42)30(54-20(4)43)34(56-24)58-26-14-23-33(46)57-27(39(47)31(55-21(5)44)35(49-9)59-36(39)50-10)15-37(23,6)25-13-11-12-22(32(45)48-8)38(25,26)7/h12,23-31,34-36,47H,11,13-16H2,1-10H3. The molecular weight excluding hydrogens is 788 g/mol. The smallest absolute Gasteiger partial charge is 0.334 e. The van der Waals surface area contributed by atoms with Crippen LogP contribution in [0.25, 0.3) is 0 Å². The third-order valence-corrected chi connectivity index (χ3v) is 12.2. The SMILES string of the molecule is COC(=O)C1=CCCC2C3(C)CC(C4(O)C(OC)OC(OC)C4OC(C)=O)OC(=O)C3CC(OC3OC(COC(C)=O)C(OC(C)=O)C(OC(C)=O)C3OC(C)=O)C12C. The average molecular weight is 843 g/mol. The summed E-state index contributed by atoms with van der Waals surface area (Å²) in [5.41, 5.74) is -4.46. The Morgan fingerprint density at radius 3 is 1.97 bits per heavy atom. The van der Waals surface area contributed by atoms with E-state index in [4.69, 9.17) is 56.8 Å². The van der Waals surface area contributed by atoms with Crippen molar-refractivity contribution >= 4 is 41.8 Å². The molecule has 4 fully saturated rings. The van der Waals surface area contributed by atoms with Crippen molar-refractivity contribution in [1.82, 2.24) is 0 Å². The number of carbonyl (C=O) groups is 7. The van der Waals surface area contributed by atoms with Crippen molar-refractivity contribution in [1.29, 1.82) is 0 Å². The van der Waals surface area contributed by atoms with E-state index in [0.717, 1.165) is 34.6 Å². The van der Waals surface area contributed by atoms with Crippen LogP contribution >= 0.6 is 0 Å². The van der Waals surface area contributed by atoms with Gasteiger partial charge in [-0.05, 0) is 37.0 Å². The van der Waals surface area contributed by atoms with Crippen molar-refractivity contribution in [2.45, 2.75) is 141 Å². The lowest BCUT2D eigenvalue weighted by molar-refractivity contribution is -0.333. The predicted molar refractivity (Wildman–Crippen MR) is 192 cm³/mol. The summed E-state index contributed by atoms with van der Waals surface area (Å²) in [6, 6.07) is 0. The number of aliphatic hydroxyl groups is 1. The Bertz CT molecular complexity index is 1690. The lowest BCUT2D eigenvalue weighted by atomic mass is 9.44. The van der Waals surface area contributed by atoms with E-state index in [9.17, 15) is 38.7 Å². The summed E-state index contributed by atoms with van der Waals surface area (Å²) in [5.74, 6) is -7.05. The van der Waals surface area contributed by atoms with Crippen LogP contribution in [0.1, 0.15) is 74.1 Å². The molecule has 3 heterocycles. The molecule has 0 radical (unpaired) electrons. The summed E-state index contributed by atoms with van der Waals surface area (Å²) >= 11 is 0. The van der Waals surface area contributed by atoms with Gasteiger partial charge >= 0.3 is 41.8 Å². The Hall–Kier alpha value is -4.21. The zero-order valence-corrected chi connectivity index (χ0v) is 34.7. The van der Waals surface area contributed by atoms with Gasteiger partial charge in [0.2, 0.25) is 6.29 Å². The first-order valence-electron chi connectivity index (χ1n) is 19.2. The largest absolute Gasteiger partial charge is 0.466 e. The van der Waals surface area contributed by atoms with Crippen LogP contribution in [0.15, 0.2) is 11.6 Å². The Labute approximate surface area is 340 Å². The highest BCUT2D eigenvalue weighted by Crippen LogP contribution is 2.65. The van der Waals surface area contributed by atoms with Gasteiger partial charge in [-0.1, -0.05) is 19.9 Å².